The molecule has 27 heavy (non-hydrogen) atoms. The van der Waals surface area contributed by atoms with Crippen molar-refractivity contribution in [3.63, 3.8) is 0 Å². The van der Waals surface area contributed by atoms with Crippen LogP contribution in [0, 0.1) is 26.0 Å². The molecule has 4 nitrogen and oxygen atoms in total. The quantitative estimate of drug-likeness (QED) is 0.356. The number of benzene rings is 2. The Labute approximate surface area is 175 Å². The first-order valence-electron chi connectivity index (χ1n) is 8.48. The van der Waals surface area contributed by atoms with E-state index in [-0.39, 0.29) is 21.1 Å². The molecule has 0 spiro atoms. The summed E-state index contributed by atoms with van der Waals surface area (Å²) in [4.78, 5) is 8.63. The Hall–Kier alpha value is -2.45. The average molecular weight is 538 g/mol. The third kappa shape index (κ3) is 4.84. The van der Waals surface area contributed by atoms with Gasteiger partial charge in [0, 0.05) is 25.5 Å². The summed E-state index contributed by atoms with van der Waals surface area (Å²) in [7, 11) is 3.99. The normalized spacial score (nSPS) is 9.93. The van der Waals surface area contributed by atoms with E-state index < -0.39 is 0 Å². The molecule has 4 rings (SSSR count). The van der Waals surface area contributed by atoms with Crippen LogP contribution in [-0.4, -0.2) is 19.1 Å². The van der Waals surface area contributed by atoms with Crippen molar-refractivity contribution in [2.75, 3.05) is 0 Å². The van der Waals surface area contributed by atoms with Gasteiger partial charge in [0.1, 0.15) is 0 Å². The number of rotatable bonds is 2. The molecule has 0 aliphatic heterocycles. The molecule has 0 saturated heterocycles. The Morgan fingerprint density at radius 2 is 1.11 bits per heavy atom. The summed E-state index contributed by atoms with van der Waals surface area (Å²) in [6.45, 7) is 4.12. The van der Waals surface area contributed by atoms with Gasteiger partial charge in [-0.05, 0) is 25.2 Å². The average Bonchev–Trinajstić information content (AvgIpc) is 3.19. The van der Waals surface area contributed by atoms with Crippen LogP contribution in [0.15, 0.2) is 61.2 Å². The second-order valence-electron chi connectivity index (χ2n) is 6.13. The van der Waals surface area contributed by atoms with Gasteiger partial charge >= 0.3 is 21.1 Å². The first-order chi connectivity index (χ1) is 12.6. The molecule has 0 unspecified atom stereocenters. The standard InChI is InChI=1S/2C11H11N2.Pt/c2*1-9-11(12-8-13(9)2)10-6-4-3-5-7-10;/h2*3-6,8H,1-2H3;/q2*-1;+2. The number of hydrogen-bond donors (Lipinski definition) is 0. The van der Waals surface area contributed by atoms with Crippen molar-refractivity contribution in [3.8, 4) is 22.5 Å². The van der Waals surface area contributed by atoms with Crippen molar-refractivity contribution in [2.24, 2.45) is 14.1 Å². The van der Waals surface area contributed by atoms with Crippen LogP contribution in [0.2, 0.25) is 0 Å². The van der Waals surface area contributed by atoms with Gasteiger partial charge in [0.2, 0.25) is 0 Å². The molecule has 140 valence electrons. The molecule has 0 saturated carbocycles. The molecule has 0 atom stereocenters. The molecule has 5 heteroatoms. The van der Waals surface area contributed by atoms with E-state index in [1.54, 1.807) is 0 Å². The molecule has 0 amide bonds. The van der Waals surface area contributed by atoms with E-state index in [4.69, 9.17) is 0 Å². The molecule has 0 aliphatic carbocycles. The SMILES string of the molecule is Cc1c(-c2[c-]cccc2)ncn1C.Cc1c(-c2[c-]cccc2)ncn1C.[Pt+2]. The molecule has 0 bridgehead atoms. The van der Waals surface area contributed by atoms with E-state index in [2.05, 4.69) is 35.9 Å². The van der Waals surface area contributed by atoms with E-state index in [0.717, 1.165) is 22.5 Å². The van der Waals surface area contributed by atoms with Crippen molar-refractivity contribution in [2.45, 2.75) is 13.8 Å². The molecule has 2 heterocycles. The Kier molecular flexibility index (Phi) is 7.32. The van der Waals surface area contributed by atoms with E-state index in [0.29, 0.717) is 0 Å². The minimum Gasteiger partial charge on any atom is -0.347 e. The molecule has 0 aliphatic rings. The third-order valence-electron chi connectivity index (χ3n) is 4.39. The Bertz CT molecular complexity index is 890. The number of hydrogen-bond acceptors (Lipinski definition) is 2. The summed E-state index contributed by atoms with van der Waals surface area (Å²) >= 11 is 0. The summed E-state index contributed by atoms with van der Waals surface area (Å²) in [5.41, 5.74) is 6.48. The monoisotopic (exact) mass is 537 g/mol. The summed E-state index contributed by atoms with van der Waals surface area (Å²) in [6, 6.07) is 22.1. The van der Waals surface area contributed by atoms with Crippen LogP contribution in [0.1, 0.15) is 11.4 Å². The molecule has 2 aromatic carbocycles. The molecular weight excluding hydrogens is 515 g/mol. The van der Waals surface area contributed by atoms with Gasteiger partial charge < -0.3 is 9.13 Å². The van der Waals surface area contributed by atoms with E-state index in [1.807, 2.05) is 84.4 Å². The van der Waals surface area contributed by atoms with Crippen molar-refractivity contribution < 1.29 is 21.1 Å². The minimum atomic E-state index is 0. The molecule has 0 N–H and O–H groups in total. The van der Waals surface area contributed by atoms with Gasteiger partial charge in [0.05, 0.1) is 12.7 Å². The fourth-order valence-corrected chi connectivity index (χ4v) is 2.59. The van der Waals surface area contributed by atoms with Crippen LogP contribution in [0.25, 0.3) is 22.5 Å². The molecule has 0 radical (unpaired) electrons. The van der Waals surface area contributed by atoms with Gasteiger partial charge in [-0.15, -0.1) is 71.8 Å². The predicted molar refractivity (Wildman–Crippen MR) is 104 cm³/mol. The molecule has 4 aromatic rings. The summed E-state index contributed by atoms with van der Waals surface area (Å²) < 4.78 is 4.02. The molecular formula is C22H22N4Pt. The van der Waals surface area contributed by atoms with Gasteiger partial charge in [-0.1, -0.05) is 0 Å². The minimum absolute atomic E-state index is 0. The fourth-order valence-electron chi connectivity index (χ4n) is 2.59. The van der Waals surface area contributed by atoms with Gasteiger partial charge in [-0.3, -0.25) is 9.97 Å². The fraction of sp³-hybridized carbons (Fsp3) is 0.182. The predicted octanol–water partition coefficient (Wildman–Crippen LogP) is 4.39. The van der Waals surface area contributed by atoms with Crippen LogP contribution in [-0.2, 0) is 35.2 Å². The zero-order valence-electron chi connectivity index (χ0n) is 15.9. The van der Waals surface area contributed by atoms with Gasteiger partial charge in [0.15, 0.2) is 0 Å². The third-order valence-corrected chi connectivity index (χ3v) is 4.39. The Morgan fingerprint density at radius 3 is 1.37 bits per heavy atom. The van der Waals surface area contributed by atoms with Crippen LogP contribution in [0.5, 0.6) is 0 Å². The molecule has 0 fully saturated rings. The summed E-state index contributed by atoms with van der Waals surface area (Å²) in [6.07, 6.45) is 3.65. The van der Waals surface area contributed by atoms with Gasteiger partial charge in [-0.25, -0.2) is 0 Å². The van der Waals surface area contributed by atoms with Crippen LogP contribution < -0.4 is 0 Å². The number of nitrogens with zero attached hydrogens (tertiary/aromatic N) is 4. The maximum Gasteiger partial charge on any atom is 2.00 e. The maximum atomic E-state index is 4.32. The zero-order chi connectivity index (χ0) is 18.5. The smallest absolute Gasteiger partial charge is 0.347 e. The number of aryl methyl sites for hydroxylation is 2. The van der Waals surface area contributed by atoms with Crippen molar-refractivity contribution in [1.82, 2.24) is 19.1 Å². The Morgan fingerprint density at radius 1 is 0.704 bits per heavy atom. The largest absolute Gasteiger partial charge is 2.00 e. The van der Waals surface area contributed by atoms with E-state index >= 15 is 0 Å². The Balaban J connectivity index is 0.000000187. The maximum absolute atomic E-state index is 4.32. The van der Waals surface area contributed by atoms with E-state index in [9.17, 15) is 0 Å². The van der Waals surface area contributed by atoms with Crippen molar-refractivity contribution >= 4 is 0 Å². The first kappa shape index (κ1) is 20.9. The van der Waals surface area contributed by atoms with Gasteiger partial charge in [0.25, 0.3) is 0 Å². The van der Waals surface area contributed by atoms with Gasteiger partial charge in [-0.2, -0.15) is 0 Å². The summed E-state index contributed by atoms with van der Waals surface area (Å²) in [5.74, 6) is 0. The number of aromatic nitrogens is 4. The number of imidazole rings is 2. The van der Waals surface area contributed by atoms with Crippen LogP contribution >= 0.6 is 0 Å². The zero-order valence-corrected chi connectivity index (χ0v) is 18.2. The topological polar surface area (TPSA) is 35.6 Å². The van der Waals surface area contributed by atoms with Crippen LogP contribution in [0.3, 0.4) is 0 Å². The van der Waals surface area contributed by atoms with Crippen LogP contribution in [0.4, 0.5) is 0 Å². The summed E-state index contributed by atoms with van der Waals surface area (Å²) in [5, 5.41) is 0. The van der Waals surface area contributed by atoms with Crippen molar-refractivity contribution in [1.29, 1.82) is 0 Å². The van der Waals surface area contributed by atoms with Crippen molar-refractivity contribution in [3.05, 3.63) is 84.7 Å². The first-order valence-corrected chi connectivity index (χ1v) is 8.48. The van der Waals surface area contributed by atoms with E-state index in [1.165, 1.54) is 11.4 Å². The second-order valence-corrected chi connectivity index (χ2v) is 6.13. The molecule has 2 aromatic heterocycles. The second kappa shape index (κ2) is 9.47.